The molecule has 0 aliphatic carbocycles. The van der Waals surface area contributed by atoms with E-state index in [4.69, 9.17) is 4.55 Å². The van der Waals surface area contributed by atoms with Gasteiger partial charge < -0.3 is 9.80 Å². The van der Waals surface area contributed by atoms with Crippen LogP contribution in [0.4, 0.5) is 0 Å². The van der Waals surface area contributed by atoms with E-state index in [1.807, 2.05) is 0 Å². The molecule has 0 radical (unpaired) electrons. The second-order valence-electron chi connectivity index (χ2n) is 3.64. The molecule has 0 aromatic heterocycles. The van der Waals surface area contributed by atoms with Gasteiger partial charge in [0.1, 0.15) is 0 Å². The van der Waals surface area contributed by atoms with Gasteiger partial charge in [-0.25, -0.2) is 8.93 Å². The van der Waals surface area contributed by atoms with Crippen LogP contribution in [0.25, 0.3) is 0 Å². The molecule has 1 rings (SSSR count). The van der Waals surface area contributed by atoms with Crippen molar-refractivity contribution >= 4 is 11.3 Å². The van der Waals surface area contributed by atoms with Crippen LogP contribution >= 0.6 is 0 Å². The van der Waals surface area contributed by atoms with E-state index in [2.05, 4.69) is 21.6 Å². The molecular weight excluding hydrogens is 202 g/mol. The van der Waals surface area contributed by atoms with Gasteiger partial charge in [-0.15, -0.1) is 0 Å². The topological polar surface area (TPSA) is 55.8 Å². The predicted molar refractivity (Wildman–Crippen MR) is 57.3 cm³/mol. The van der Waals surface area contributed by atoms with Crippen molar-refractivity contribution < 1.29 is 8.76 Å². The number of hydrogen-bond acceptors (Lipinski definition) is 3. The van der Waals surface area contributed by atoms with E-state index < -0.39 is 11.3 Å². The second-order valence-corrected chi connectivity index (χ2v) is 4.43. The van der Waals surface area contributed by atoms with Crippen molar-refractivity contribution in [3.8, 4) is 0 Å². The molecular formula is C8H19N3O2S. The molecule has 1 aliphatic rings. The number of nitrogens with one attached hydrogen (secondary N) is 1. The number of nitrogens with zero attached hydrogens (tertiary/aromatic N) is 2. The van der Waals surface area contributed by atoms with Gasteiger partial charge in [0.2, 0.25) is 11.3 Å². The highest BCUT2D eigenvalue weighted by molar-refractivity contribution is 7.77. The number of likely N-dealkylation sites (N-methyl/N-ethyl adjacent to an activating group) is 1. The average molecular weight is 221 g/mol. The van der Waals surface area contributed by atoms with Crippen molar-refractivity contribution in [3.63, 3.8) is 0 Å². The van der Waals surface area contributed by atoms with Crippen LogP contribution in [-0.4, -0.2) is 64.9 Å². The lowest BCUT2D eigenvalue weighted by Crippen LogP contribution is -2.45. The lowest BCUT2D eigenvalue weighted by molar-refractivity contribution is 0.153. The minimum Gasteiger partial charge on any atom is -0.304 e. The third-order valence-electron chi connectivity index (χ3n) is 2.47. The molecule has 1 aliphatic heterocycles. The van der Waals surface area contributed by atoms with Gasteiger partial charge in [-0.05, 0) is 20.0 Å². The quantitative estimate of drug-likeness (QED) is 0.478. The Bertz CT molecular complexity index is 183. The zero-order valence-corrected chi connectivity index (χ0v) is 9.42. The second kappa shape index (κ2) is 6.47. The van der Waals surface area contributed by atoms with Gasteiger partial charge in [0.15, 0.2) is 0 Å². The fourth-order valence-corrected chi connectivity index (χ4v) is 1.85. The van der Waals surface area contributed by atoms with Gasteiger partial charge in [0.05, 0.1) is 0 Å². The maximum absolute atomic E-state index is 10.3. The van der Waals surface area contributed by atoms with Gasteiger partial charge in [-0.2, -0.15) is 0 Å². The van der Waals surface area contributed by atoms with E-state index in [-0.39, 0.29) is 0 Å². The van der Waals surface area contributed by atoms with Crippen LogP contribution in [0.15, 0.2) is 0 Å². The standard InChI is InChI=1S/C8H19N3O2S/c1-10-5-7-11(8-6-10)4-2-3-9-14(12)13/h9H,2-8H2,1H3,(H,12,13). The molecule has 0 bridgehead atoms. The molecule has 0 saturated carbocycles. The van der Waals surface area contributed by atoms with Gasteiger partial charge >= 0.3 is 0 Å². The van der Waals surface area contributed by atoms with Gasteiger partial charge in [0, 0.05) is 32.7 Å². The fourth-order valence-electron chi connectivity index (χ4n) is 1.53. The Kier molecular flexibility index (Phi) is 5.57. The maximum atomic E-state index is 10.3. The molecule has 6 heteroatoms. The third-order valence-corrected chi connectivity index (χ3v) is 2.92. The normalized spacial score (nSPS) is 22.4. The van der Waals surface area contributed by atoms with Gasteiger partial charge in [0.25, 0.3) is 0 Å². The summed E-state index contributed by atoms with van der Waals surface area (Å²) in [7, 11) is 2.13. The van der Waals surface area contributed by atoms with E-state index in [1.165, 1.54) is 0 Å². The molecule has 1 unspecified atom stereocenters. The van der Waals surface area contributed by atoms with Gasteiger partial charge in [-0.3, -0.25) is 4.55 Å². The van der Waals surface area contributed by atoms with Gasteiger partial charge in [-0.1, -0.05) is 0 Å². The Morgan fingerprint density at radius 3 is 2.57 bits per heavy atom. The summed E-state index contributed by atoms with van der Waals surface area (Å²) >= 11 is -1.85. The summed E-state index contributed by atoms with van der Waals surface area (Å²) in [6, 6.07) is 0. The van der Waals surface area contributed by atoms with Crippen molar-refractivity contribution in [2.24, 2.45) is 0 Å². The summed E-state index contributed by atoms with van der Waals surface area (Å²) in [5.74, 6) is 0. The molecule has 1 atom stereocenters. The Morgan fingerprint density at radius 2 is 2.00 bits per heavy atom. The minimum atomic E-state index is -1.85. The lowest BCUT2D eigenvalue weighted by atomic mass is 10.3. The van der Waals surface area contributed by atoms with Crippen LogP contribution in [0.2, 0.25) is 0 Å². The summed E-state index contributed by atoms with van der Waals surface area (Å²) in [6.45, 7) is 6.09. The largest absolute Gasteiger partial charge is 0.304 e. The highest BCUT2D eigenvalue weighted by Gasteiger charge is 2.12. The zero-order chi connectivity index (χ0) is 10.4. The summed E-state index contributed by atoms with van der Waals surface area (Å²) in [4.78, 5) is 4.71. The SMILES string of the molecule is CN1CCN(CCCNS(=O)O)CC1. The Morgan fingerprint density at radius 1 is 1.36 bits per heavy atom. The Hall–Kier alpha value is -0.0100. The maximum Gasteiger partial charge on any atom is 0.231 e. The van der Waals surface area contributed by atoms with Crippen LogP contribution in [-0.2, 0) is 11.3 Å². The van der Waals surface area contributed by atoms with E-state index in [0.29, 0.717) is 6.54 Å². The first-order valence-corrected chi connectivity index (χ1v) is 6.04. The monoisotopic (exact) mass is 221 g/mol. The van der Waals surface area contributed by atoms with Crippen LogP contribution in [0.1, 0.15) is 6.42 Å². The first-order valence-electron chi connectivity index (χ1n) is 4.94. The Labute approximate surface area is 87.9 Å². The number of rotatable bonds is 5. The van der Waals surface area contributed by atoms with Crippen molar-refractivity contribution in [2.45, 2.75) is 6.42 Å². The summed E-state index contributed by atoms with van der Waals surface area (Å²) in [5.41, 5.74) is 0. The van der Waals surface area contributed by atoms with Crippen molar-refractivity contribution in [1.29, 1.82) is 0 Å². The number of hydrogen-bond donors (Lipinski definition) is 2. The van der Waals surface area contributed by atoms with Crippen LogP contribution in [0.3, 0.4) is 0 Å². The Balaban J connectivity index is 1.99. The van der Waals surface area contributed by atoms with Crippen molar-refractivity contribution in [3.05, 3.63) is 0 Å². The third kappa shape index (κ3) is 5.02. The lowest BCUT2D eigenvalue weighted by Gasteiger charge is -2.32. The van der Waals surface area contributed by atoms with Crippen LogP contribution < -0.4 is 4.72 Å². The zero-order valence-electron chi connectivity index (χ0n) is 8.61. The molecule has 1 fully saturated rings. The molecule has 0 aromatic carbocycles. The van der Waals surface area contributed by atoms with E-state index in [0.717, 1.165) is 39.1 Å². The van der Waals surface area contributed by atoms with Crippen molar-refractivity contribution in [1.82, 2.24) is 14.5 Å². The molecule has 0 amide bonds. The highest BCUT2D eigenvalue weighted by Crippen LogP contribution is 1.99. The highest BCUT2D eigenvalue weighted by atomic mass is 32.2. The van der Waals surface area contributed by atoms with Crippen molar-refractivity contribution in [2.75, 3.05) is 46.3 Å². The van der Waals surface area contributed by atoms with E-state index in [1.54, 1.807) is 0 Å². The summed E-state index contributed by atoms with van der Waals surface area (Å²) < 4.78 is 21.2. The predicted octanol–water partition coefficient (Wildman–Crippen LogP) is -0.650. The average Bonchev–Trinajstić information content (AvgIpc) is 2.15. The first kappa shape index (κ1) is 12.1. The minimum absolute atomic E-state index is 0.607. The molecule has 5 nitrogen and oxygen atoms in total. The molecule has 2 N–H and O–H groups in total. The van der Waals surface area contributed by atoms with Crippen LogP contribution in [0, 0.1) is 0 Å². The van der Waals surface area contributed by atoms with Crippen LogP contribution in [0.5, 0.6) is 0 Å². The molecule has 14 heavy (non-hydrogen) atoms. The first-order chi connectivity index (χ1) is 6.68. The molecule has 0 spiro atoms. The molecule has 1 heterocycles. The molecule has 84 valence electrons. The number of piperazine rings is 1. The summed E-state index contributed by atoms with van der Waals surface area (Å²) in [6.07, 6.45) is 0.927. The smallest absolute Gasteiger partial charge is 0.231 e. The van der Waals surface area contributed by atoms with E-state index in [9.17, 15) is 4.21 Å². The fraction of sp³-hybridized carbons (Fsp3) is 1.00. The summed E-state index contributed by atoms with van der Waals surface area (Å²) in [5, 5.41) is 0. The molecule has 0 aromatic rings. The molecule has 1 saturated heterocycles. The van der Waals surface area contributed by atoms with E-state index >= 15 is 0 Å².